The van der Waals surface area contributed by atoms with Gasteiger partial charge in [0.15, 0.2) is 0 Å². The lowest BCUT2D eigenvalue weighted by atomic mass is 9.96. The van der Waals surface area contributed by atoms with Crippen LogP contribution in [0.15, 0.2) is 0 Å². The van der Waals surface area contributed by atoms with Gasteiger partial charge in [0, 0.05) is 23.9 Å². The Morgan fingerprint density at radius 1 is 1.50 bits per heavy atom. The molecule has 1 aliphatic carbocycles. The monoisotopic (exact) mass is 186 g/mol. The van der Waals surface area contributed by atoms with Crippen molar-refractivity contribution in [3.05, 3.63) is 0 Å². The standard InChI is InChI=1S/C9H18N2S/c1-7(2)9(12)5-10-11(6-9)8-3-4-8/h7-8,10,12H,3-6H2,1-2H3. The van der Waals surface area contributed by atoms with Crippen LogP contribution in [-0.4, -0.2) is 28.9 Å². The zero-order chi connectivity index (χ0) is 8.77. The first kappa shape index (κ1) is 8.85. The number of rotatable bonds is 2. The number of hydrazine groups is 1. The molecule has 1 unspecified atom stereocenters. The average Bonchev–Trinajstić information content (AvgIpc) is 2.76. The van der Waals surface area contributed by atoms with Crippen molar-refractivity contribution in [1.29, 1.82) is 0 Å². The molecule has 1 N–H and O–H groups in total. The summed E-state index contributed by atoms with van der Waals surface area (Å²) in [6.07, 6.45) is 2.74. The first-order valence-electron chi connectivity index (χ1n) is 4.84. The van der Waals surface area contributed by atoms with Crippen molar-refractivity contribution in [1.82, 2.24) is 10.4 Å². The maximum atomic E-state index is 4.75. The molecule has 2 nitrogen and oxygen atoms in total. The molecule has 12 heavy (non-hydrogen) atoms. The van der Waals surface area contributed by atoms with Crippen LogP contribution in [-0.2, 0) is 0 Å². The third-order valence-corrected chi connectivity index (χ3v) is 3.91. The highest BCUT2D eigenvalue weighted by molar-refractivity contribution is 7.82. The van der Waals surface area contributed by atoms with Gasteiger partial charge in [-0.05, 0) is 18.8 Å². The van der Waals surface area contributed by atoms with Gasteiger partial charge in [0.1, 0.15) is 0 Å². The molecule has 3 heteroatoms. The summed E-state index contributed by atoms with van der Waals surface area (Å²) in [5, 5.41) is 2.38. The Hall–Kier alpha value is 0.270. The molecule has 1 saturated heterocycles. The van der Waals surface area contributed by atoms with Crippen molar-refractivity contribution in [3.8, 4) is 0 Å². The molecule has 1 aliphatic heterocycles. The van der Waals surface area contributed by atoms with Gasteiger partial charge < -0.3 is 0 Å². The summed E-state index contributed by atoms with van der Waals surface area (Å²) in [5.41, 5.74) is 3.45. The van der Waals surface area contributed by atoms with Crippen LogP contribution in [0.3, 0.4) is 0 Å². The molecule has 0 bridgehead atoms. The minimum atomic E-state index is 0.197. The van der Waals surface area contributed by atoms with Crippen LogP contribution in [0.1, 0.15) is 26.7 Å². The zero-order valence-corrected chi connectivity index (χ0v) is 8.77. The third-order valence-electron chi connectivity index (χ3n) is 3.09. The van der Waals surface area contributed by atoms with E-state index in [0.29, 0.717) is 5.92 Å². The topological polar surface area (TPSA) is 15.3 Å². The lowest BCUT2D eigenvalue weighted by molar-refractivity contribution is 0.236. The quantitative estimate of drug-likeness (QED) is 0.632. The van der Waals surface area contributed by atoms with Crippen molar-refractivity contribution in [2.24, 2.45) is 5.92 Å². The highest BCUT2D eigenvalue weighted by Crippen LogP contribution is 2.34. The smallest absolute Gasteiger partial charge is 0.0432 e. The number of hydrogen-bond donors (Lipinski definition) is 2. The van der Waals surface area contributed by atoms with E-state index in [-0.39, 0.29) is 4.75 Å². The van der Waals surface area contributed by atoms with Gasteiger partial charge in [-0.25, -0.2) is 5.01 Å². The van der Waals surface area contributed by atoms with Crippen LogP contribution in [0.4, 0.5) is 0 Å². The van der Waals surface area contributed by atoms with Gasteiger partial charge >= 0.3 is 0 Å². The predicted molar refractivity (Wildman–Crippen MR) is 54.3 cm³/mol. The summed E-state index contributed by atoms with van der Waals surface area (Å²) in [6, 6.07) is 0.817. The van der Waals surface area contributed by atoms with E-state index >= 15 is 0 Å². The third kappa shape index (κ3) is 1.50. The van der Waals surface area contributed by atoms with Crippen molar-refractivity contribution in [3.63, 3.8) is 0 Å². The number of thiol groups is 1. The normalized spacial score (nSPS) is 38.0. The van der Waals surface area contributed by atoms with E-state index in [9.17, 15) is 0 Å². The summed E-state index contributed by atoms with van der Waals surface area (Å²) in [6.45, 7) is 6.65. The molecule has 2 rings (SSSR count). The molecule has 2 fully saturated rings. The van der Waals surface area contributed by atoms with Gasteiger partial charge in [0.05, 0.1) is 0 Å². The average molecular weight is 186 g/mol. The predicted octanol–water partition coefficient (Wildman–Crippen LogP) is 1.29. The first-order valence-corrected chi connectivity index (χ1v) is 5.29. The lowest BCUT2D eigenvalue weighted by Gasteiger charge is -2.26. The van der Waals surface area contributed by atoms with Crippen LogP contribution in [0.25, 0.3) is 0 Å². The van der Waals surface area contributed by atoms with E-state index < -0.39 is 0 Å². The number of nitrogens with zero attached hydrogens (tertiary/aromatic N) is 1. The second-order valence-electron chi connectivity index (χ2n) is 4.45. The summed E-state index contributed by atoms with van der Waals surface area (Å²) in [4.78, 5) is 0. The van der Waals surface area contributed by atoms with Crippen molar-refractivity contribution in [2.75, 3.05) is 13.1 Å². The molecule has 2 aliphatic rings. The molecule has 1 heterocycles. The summed E-state index contributed by atoms with van der Waals surface area (Å²) < 4.78 is 0.197. The van der Waals surface area contributed by atoms with Gasteiger partial charge in [0.2, 0.25) is 0 Å². The summed E-state index contributed by atoms with van der Waals surface area (Å²) >= 11 is 4.75. The minimum Gasteiger partial charge on any atom is -0.253 e. The number of nitrogens with one attached hydrogen (secondary N) is 1. The second-order valence-corrected chi connectivity index (χ2v) is 5.34. The molecule has 0 radical (unpaired) electrons. The van der Waals surface area contributed by atoms with E-state index in [4.69, 9.17) is 12.6 Å². The van der Waals surface area contributed by atoms with Gasteiger partial charge in [-0.2, -0.15) is 12.6 Å². The van der Waals surface area contributed by atoms with Crippen LogP contribution < -0.4 is 5.43 Å². The molecule has 0 aromatic carbocycles. The molecule has 0 aromatic heterocycles. The van der Waals surface area contributed by atoms with Crippen molar-refractivity contribution < 1.29 is 0 Å². The Kier molecular flexibility index (Phi) is 2.13. The molecule has 0 amide bonds. The molecule has 70 valence electrons. The fourth-order valence-corrected chi connectivity index (χ4v) is 1.90. The Morgan fingerprint density at radius 2 is 2.17 bits per heavy atom. The Balaban J connectivity index is 1.95. The van der Waals surface area contributed by atoms with Gasteiger partial charge in [-0.15, -0.1) is 0 Å². The van der Waals surface area contributed by atoms with E-state index in [2.05, 4.69) is 24.3 Å². The summed E-state index contributed by atoms with van der Waals surface area (Å²) in [5.74, 6) is 0.650. The van der Waals surface area contributed by atoms with Crippen LogP contribution in [0.5, 0.6) is 0 Å². The van der Waals surface area contributed by atoms with E-state index in [1.165, 1.54) is 12.8 Å². The zero-order valence-electron chi connectivity index (χ0n) is 7.88. The highest BCUT2D eigenvalue weighted by atomic mass is 32.1. The molecule has 0 aromatic rings. The maximum Gasteiger partial charge on any atom is 0.0432 e. The summed E-state index contributed by atoms with van der Waals surface area (Å²) in [7, 11) is 0. The Morgan fingerprint density at radius 3 is 2.58 bits per heavy atom. The van der Waals surface area contributed by atoms with E-state index in [0.717, 1.165) is 19.1 Å². The van der Waals surface area contributed by atoms with Gasteiger partial charge in [-0.3, -0.25) is 5.43 Å². The van der Waals surface area contributed by atoms with Crippen LogP contribution >= 0.6 is 12.6 Å². The fourth-order valence-electron chi connectivity index (χ4n) is 1.68. The molecular formula is C9H18N2S. The minimum absolute atomic E-state index is 0.197. The molecular weight excluding hydrogens is 168 g/mol. The Labute approximate surface area is 80.1 Å². The van der Waals surface area contributed by atoms with Crippen LogP contribution in [0, 0.1) is 5.92 Å². The second kappa shape index (κ2) is 2.89. The molecule has 0 spiro atoms. The van der Waals surface area contributed by atoms with E-state index in [1.807, 2.05) is 0 Å². The van der Waals surface area contributed by atoms with Crippen LogP contribution in [0.2, 0.25) is 0 Å². The van der Waals surface area contributed by atoms with E-state index in [1.54, 1.807) is 0 Å². The maximum absolute atomic E-state index is 4.75. The Bertz CT molecular complexity index is 179. The van der Waals surface area contributed by atoms with Gasteiger partial charge in [-0.1, -0.05) is 13.8 Å². The SMILES string of the molecule is CC(C)C1(S)CNN(C2CC2)C1. The van der Waals surface area contributed by atoms with Crippen molar-refractivity contribution >= 4 is 12.6 Å². The highest BCUT2D eigenvalue weighted by Gasteiger charge is 2.42. The molecule has 1 atom stereocenters. The fraction of sp³-hybridized carbons (Fsp3) is 1.00. The largest absolute Gasteiger partial charge is 0.253 e. The lowest BCUT2D eigenvalue weighted by Crippen LogP contribution is -2.35. The number of hydrogen-bond acceptors (Lipinski definition) is 3. The first-order chi connectivity index (χ1) is 5.62. The molecule has 1 saturated carbocycles. The van der Waals surface area contributed by atoms with Crippen molar-refractivity contribution in [2.45, 2.75) is 37.5 Å². The van der Waals surface area contributed by atoms with Gasteiger partial charge in [0.25, 0.3) is 0 Å².